The highest BCUT2D eigenvalue weighted by molar-refractivity contribution is 6.00. The minimum atomic E-state index is -1.40. The van der Waals surface area contributed by atoms with Gasteiger partial charge in [0.25, 0.3) is 0 Å². The smallest absolute Gasteiger partial charge is 0.410 e. The van der Waals surface area contributed by atoms with Gasteiger partial charge in [0.15, 0.2) is 17.7 Å². The van der Waals surface area contributed by atoms with Crippen LogP contribution in [0.15, 0.2) is 37.1 Å². The second kappa shape index (κ2) is 18.7. The highest BCUT2D eigenvalue weighted by Gasteiger charge is 2.60. The van der Waals surface area contributed by atoms with Crippen molar-refractivity contribution >= 4 is 23.6 Å². The Morgan fingerprint density at radius 3 is 2.36 bits per heavy atom. The van der Waals surface area contributed by atoms with E-state index in [1.165, 1.54) is 14.0 Å². The molecule has 0 aromatic carbocycles. The molecule has 0 unspecified atom stereocenters. The van der Waals surface area contributed by atoms with E-state index in [0.717, 1.165) is 11.3 Å². The summed E-state index contributed by atoms with van der Waals surface area (Å²) in [5.41, 5.74) is -0.938. The van der Waals surface area contributed by atoms with Gasteiger partial charge in [0.1, 0.15) is 23.9 Å². The zero-order valence-corrected chi connectivity index (χ0v) is 36.1. The molecule has 2 aromatic heterocycles. The van der Waals surface area contributed by atoms with E-state index in [0.29, 0.717) is 32.4 Å². The number of Topliss-reactive ketones (excluding diaryl/α,β-unsaturated/α-hetero) is 2. The number of pyridine rings is 1. The molecule has 0 saturated carbocycles. The normalized spacial score (nSPS) is 36.7. The first kappa shape index (κ1) is 45.3. The Morgan fingerprint density at radius 2 is 1.72 bits per heavy atom. The average molecular weight is 812 g/mol. The number of aliphatic hydroxyl groups is 1. The number of cyclic esters (lactones) is 1. The number of ketones is 2. The fourth-order valence-corrected chi connectivity index (χ4v) is 9.43. The number of fused-ring (bicyclic) bond motifs is 1. The van der Waals surface area contributed by atoms with Crippen molar-refractivity contribution in [2.45, 2.75) is 148 Å². The van der Waals surface area contributed by atoms with Crippen LogP contribution in [0.4, 0.5) is 4.79 Å². The lowest BCUT2D eigenvalue weighted by molar-refractivity contribution is -0.295. The van der Waals surface area contributed by atoms with Gasteiger partial charge in [0.2, 0.25) is 0 Å². The molecule has 15 heteroatoms. The lowest BCUT2D eigenvalue weighted by atomic mass is 9.73. The molecule has 13 atom stereocenters. The molecule has 15 nitrogen and oxygen atoms in total. The molecule has 3 fully saturated rings. The summed E-state index contributed by atoms with van der Waals surface area (Å²) in [7, 11) is 5.24. The van der Waals surface area contributed by atoms with E-state index < -0.39 is 83.4 Å². The first-order valence-electron chi connectivity index (χ1n) is 20.8. The predicted octanol–water partition coefficient (Wildman–Crippen LogP) is 4.93. The van der Waals surface area contributed by atoms with E-state index >= 15 is 0 Å². The van der Waals surface area contributed by atoms with Gasteiger partial charge in [-0.1, -0.05) is 27.7 Å². The van der Waals surface area contributed by atoms with Crippen LogP contribution in [0, 0.1) is 23.7 Å². The van der Waals surface area contributed by atoms with Crippen LogP contribution in [0.1, 0.15) is 87.5 Å². The number of amides is 1. The Labute approximate surface area is 343 Å². The van der Waals surface area contributed by atoms with Gasteiger partial charge in [-0.25, -0.2) is 9.78 Å². The monoisotopic (exact) mass is 811 g/mol. The Morgan fingerprint density at radius 1 is 1.02 bits per heavy atom. The van der Waals surface area contributed by atoms with E-state index in [9.17, 15) is 24.3 Å². The molecule has 5 rings (SSSR count). The lowest BCUT2D eigenvalue weighted by Gasteiger charge is -2.47. The zero-order valence-electron chi connectivity index (χ0n) is 36.1. The number of ether oxygens (including phenoxy) is 5. The largest absolute Gasteiger partial charge is 0.458 e. The van der Waals surface area contributed by atoms with E-state index in [1.807, 2.05) is 62.7 Å². The van der Waals surface area contributed by atoms with Crippen LogP contribution < -0.4 is 0 Å². The van der Waals surface area contributed by atoms with Gasteiger partial charge >= 0.3 is 12.1 Å². The first-order chi connectivity index (χ1) is 27.4. The number of unbranched alkanes of at least 4 members (excludes halogenated alkanes) is 1. The van der Waals surface area contributed by atoms with Crippen LogP contribution in [0.5, 0.6) is 0 Å². The number of nitrogens with zero attached hydrogens (tertiary/aromatic N) is 5. The molecule has 2 aromatic rings. The molecule has 1 N–H and O–H groups in total. The number of hydrogen-bond donors (Lipinski definition) is 1. The zero-order chi connectivity index (χ0) is 42.7. The summed E-state index contributed by atoms with van der Waals surface area (Å²) < 4.78 is 33.2. The van der Waals surface area contributed by atoms with Gasteiger partial charge < -0.3 is 43.2 Å². The summed E-state index contributed by atoms with van der Waals surface area (Å²) in [4.78, 5) is 69.0. The number of esters is 1. The van der Waals surface area contributed by atoms with Crippen molar-refractivity contribution in [3.8, 4) is 11.3 Å². The standard InChI is InChI=1S/C43H65N5O10/c1-12-33-43(8)37(48(41(53)58-43)19-14-13-18-47-23-31(45-24-47)30-16-15-17-44-22-30)27(4)34(49)25(2)21-42(7,54-11)38(28(5)35(50)29(6)39(52)56-33)57-40-36(51)32(46(9)10)20-26(3)55-40/h15-17,22-29,32-33,36-38,40,51H,12-14,18-21H2,1-11H3/t25-,26-,27-,28+,29-,32+,33+,36-,37-,38-,40+,42-,43+/m1/s1. The molecule has 0 bridgehead atoms. The Kier molecular flexibility index (Phi) is 14.6. The molecule has 3 aliphatic heterocycles. The number of aromatic nitrogens is 3. The maximum absolute atomic E-state index is 14.7. The molecular weight excluding hydrogens is 746 g/mol. The number of carbonyl (C=O) groups is 4. The van der Waals surface area contributed by atoms with E-state index in [-0.39, 0.29) is 30.8 Å². The summed E-state index contributed by atoms with van der Waals surface area (Å²) in [6.45, 7) is 14.9. The third kappa shape index (κ3) is 9.33. The fourth-order valence-electron chi connectivity index (χ4n) is 9.43. The summed E-state index contributed by atoms with van der Waals surface area (Å²) in [6, 6.07) is 2.74. The van der Waals surface area contributed by atoms with Crippen molar-refractivity contribution in [2.24, 2.45) is 23.7 Å². The maximum Gasteiger partial charge on any atom is 0.410 e. The van der Waals surface area contributed by atoms with E-state index in [4.69, 9.17) is 23.7 Å². The summed E-state index contributed by atoms with van der Waals surface area (Å²) >= 11 is 0. The molecule has 0 radical (unpaired) electrons. The summed E-state index contributed by atoms with van der Waals surface area (Å²) in [5.74, 6) is -4.95. The number of rotatable bonds is 11. The van der Waals surface area contributed by atoms with Gasteiger partial charge in [-0.15, -0.1) is 0 Å². The molecular formula is C43H65N5O10. The molecule has 3 aliphatic rings. The van der Waals surface area contributed by atoms with Gasteiger partial charge in [-0.3, -0.25) is 19.4 Å². The third-order valence-electron chi connectivity index (χ3n) is 12.8. The predicted molar refractivity (Wildman–Crippen MR) is 214 cm³/mol. The van der Waals surface area contributed by atoms with Gasteiger partial charge in [0, 0.05) is 68.1 Å². The van der Waals surface area contributed by atoms with Gasteiger partial charge in [-0.05, 0) is 86.0 Å². The summed E-state index contributed by atoms with van der Waals surface area (Å²) in [6.07, 6.45) is 4.45. The summed E-state index contributed by atoms with van der Waals surface area (Å²) in [5, 5.41) is 11.4. The minimum absolute atomic E-state index is 0.130. The number of aryl methyl sites for hydroxylation is 1. The fraction of sp³-hybridized carbons (Fsp3) is 0.721. The van der Waals surface area contributed by atoms with Crippen LogP contribution in [0.2, 0.25) is 0 Å². The molecule has 322 valence electrons. The lowest BCUT2D eigenvalue weighted by Crippen LogP contribution is -2.60. The van der Waals surface area contributed by atoms with Crippen LogP contribution >= 0.6 is 0 Å². The van der Waals surface area contributed by atoms with E-state index in [1.54, 1.807) is 51.3 Å². The number of hydrogen-bond acceptors (Lipinski definition) is 13. The SMILES string of the molecule is CC[C@@H]1OC(=O)[C@H](C)C(=O)[C@H](C)[C@@H](O[C@@H]2O[C@H](C)C[C@H](N(C)C)[C@H]2O)[C@](C)(OC)C[C@@H](C)C(=O)[C@@H](C)[C@H]2N(CCCCn3cnc(-c4cccnc4)c3)C(=O)O[C@@]12C. The number of aliphatic hydroxyl groups excluding tert-OH is 1. The van der Waals surface area contributed by atoms with Crippen LogP contribution in [-0.2, 0) is 44.6 Å². The van der Waals surface area contributed by atoms with Crippen molar-refractivity contribution in [3.63, 3.8) is 0 Å². The molecule has 3 saturated heterocycles. The van der Waals surface area contributed by atoms with Crippen molar-refractivity contribution in [2.75, 3.05) is 27.7 Å². The topological polar surface area (TPSA) is 172 Å². The number of carbonyl (C=O) groups excluding carboxylic acids is 4. The molecule has 0 spiro atoms. The number of likely N-dealkylation sites (N-methyl/N-ethyl adjacent to an activating group) is 1. The van der Waals surface area contributed by atoms with Crippen molar-refractivity contribution < 1.29 is 48.0 Å². The molecule has 58 heavy (non-hydrogen) atoms. The van der Waals surface area contributed by atoms with Gasteiger partial charge in [0.05, 0.1) is 35.9 Å². The Hall–Kier alpha value is -3.76. The van der Waals surface area contributed by atoms with Crippen LogP contribution in [0.3, 0.4) is 0 Å². The number of methoxy groups -OCH3 is 1. The second-order valence-electron chi connectivity index (χ2n) is 17.3. The first-order valence-corrected chi connectivity index (χ1v) is 20.8. The highest BCUT2D eigenvalue weighted by Crippen LogP contribution is 2.43. The number of imidazole rings is 1. The second-order valence-corrected chi connectivity index (χ2v) is 17.3. The van der Waals surface area contributed by atoms with E-state index in [2.05, 4.69) is 9.97 Å². The average Bonchev–Trinajstić information content (AvgIpc) is 3.78. The van der Waals surface area contributed by atoms with Crippen molar-refractivity contribution in [1.82, 2.24) is 24.3 Å². The molecule has 5 heterocycles. The maximum atomic E-state index is 14.7. The van der Waals surface area contributed by atoms with Crippen LogP contribution in [0.25, 0.3) is 11.3 Å². The van der Waals surface area contributed by atoms with Crippen molar-refractivity contribution in [1.29, 1.82) is 0 Å². The Balaban J connectivity index is 1.43. The Bertz CT molecular complexity index is 1740. The third-order valence-corrected chi connectivity index (χ3v) is 12.8. The molecule has 1 amide bonds. The minimum Gasteiger partial charge on any atom is -0.458 e. The highest BCUT2D eigenvalue weighted by atomic mass is 16.7. The van der Waals surface area contributed by atoms with Crippen LogP contribution in [-0.4, -0.2) is 135 Å². The van der Waals surface area contributed by atoms with Crippen molar-refractivity contribution in [3.05, 3.63) is 37.1 Å². The molecule has 0 aliphatic carbocycles. The quantitative estimate of drug-likeness (QED) is 0.184. The van der Waals surface area contributed by atoms with Gasteiger partial charge in [-0.2, -0.15) is 0 Å².